The van der Waals surface area contributed by atoms with Gasteiger partial charge in [-0.2, -0.15) is 0 Å². The quantitative estimate of drug-likeness (QED) is 0.411. The van der Waals surface area contributed by atoms with Gasteiger partial charge in [-0.1, -0.05) is 13.8 Å². The molecule has 0 aliphatic rings. The molecule has 0 radical (unpaired) electrons. The molecule has 1 aromatic carbocycles. The van der Waals surface area contributed by atoms with Crippen LogP contribution in [0, 0.1) is 0 Å². The van der Waals surface area contributed by atoms with Gasteiger partial charge in [0.15, 0.2) is 11.2 Å². The average Bonchev–Trinajstić information content (AvgIpc) is 3.19. The van der Waals surface area contributed by atoms with Crippen LogP contribution in [-0.4, -0.2) is 34.9 Å². The number of rotatable bonds is 8. The summed E-state index contributed by atoms with van der Waals surface area (Å²) >= 11 is 1.39. The van der Waals surface area contributed by atoms with E-state index in [1.807, 2.05) is 25.1 Å². The molecular weight excluding hydrogens is 376 g/mol. The molecule has 0 spiro atoms. The van der Waals surface area contributed by atoms with Gasteiger partial charge in [-0.15, -0.1) is 11.3 Å². The molecule has 0 saturated carbocycles. The molecule has 0 fully saturated rings. The van der Waals surface area contributed by atoms with Gasteiger partial charge in [0.1, 0.15) is 17.1 Å². The van der Waals surface area contributed by atoms with E-state index in [9.17, 15) is 9.59 Å². The lowest BCUT2D eigenvalue weighted by Crippen LogP contribution is -2.06. The van der Waals surface area contributed by atoms with Crippen molar-refractivity contribution in [1.82, 2.24) is 9.38 Å². The van der Waals surface area contributed by atoms with Crippen molar-refractivity contribution in [3.05, 3.63) is 40.5 Å². The summed E-state index contributed by atoms with van der Waals surface area (Å²) in [6, 6.07) is 5.90. The number of benzene rings is 1. The highest BCUT2D eigenvalue weighted by molar-refractivity contribution is 7.17. The highest BCUT2D eigenvalue weighted by Gasteiger charge is 2.19. The molecule has 0 saturated heterocycles. The smallest absolute Gasteiger partial charge is 0.311 e. The first-order valence-electron chi connectivity index (χ1n) is 9.37. The Morgan fingerprint density at radius 1 is 1.29 bits per heavy atom. The minimum atomic E-state index is -0.284. The molecule has 0 aliphatic heterocycles. The first-order valence-corrected chi connectivity index (χ1v) is 10.2. The lowest BCUT2D eigenvalue weighted by Gasteiger charge is -2.14. The zero-order valence-electron chi connectivity index (χ0n) is 16.5. The number of esters is 1. The minimum Gasteiger partial charge on any atom is -0.494 e. The van der Waals surface area contributed by atoms with Gasteiger partial charge >= 0.3 is 5.97 Å². The van der Waals surface area contributed by atoms with Crippen molar-refractivity contribution in [2.45, 2.75) is 40.0 Å². The van der Waals surface area contributed by atoms with Gasteiger partial charge in [-0.05, 0) is 43.5 Å². The lowest BCUT2D eigenvalue weighted by molar-refractivity contribution is -0.142. The van der Waals surface area contributed by atoms with E-state index in [1.54, 1.807) is 17.5 Å². The van der Waals surface area contributed by atoms with Crippen LogP contribution in [0.5, 0.6) is 5.75 Å². The Bertz CT molecular complexity index is 1000. The van der Waals surface area contributed by atoms with Crippen molar-refractivity contribution in [1.29, 1.82) is 0 Å². The number of ether oxygens (including phenoxy) is 2. The fourth-order valence-electron chi connectivity index (χ4n) is 3.10. The van der Waals surface area contributed by atoms with Crippen molar-refractivity contribution in [2.75, 3.05) is 13.2 Å². The van der Waals surface area contributed by atoms with Crippen LogP contribution in [0.15, 0.2) is 24.4 Å². The molecule has 28 heavy (non-hydrogen) atoms. The zero-order valence-corrected chi connectivity index (χ0v) is 17.3. The Kier molecular flexibility index (Phi) is 6.14. The van der Waals surface area contributed by atoms with Gasteiger partial charge in [0, 0.05) is 16.6 Å². The molecule has 0 aliphatic carbocycles. The van der Waals surface area contributed by atoms with Crippen molar-refractivity contribution in [3.8, 4) is 17.0 Å². The molecule has 0 atom stereocenters. The Morgan fingerprint density at radius 3 is 2.71 bits per heavy atom. The van der Waals surface area contributed by atoms with Crippen LogP contribution >= 0.6 is 11.3 Å². The maximum Gasteiger partial charge on any atom is 0.311 e. The largest absolute Gasteiger partial charge is 0.494 e. The van der Waals surface area contributed by atoms with Gasteiger partial charge in [-0.3, -0.25) is 14.0 Å². The van der Waals surface area contributed by atoms with Crippen LogP contribution in [0.4, 0.5) is 0 Å². The number of nitrogens with zero attached hydrogens (tertiary/aromatic N) is 2. The predicted octanol–water partition coefficient (Wildman–Crippen LogP) is 4.50. The molecule has 6 nitrogen and oxygen atoms in total. The van der Waals surface area contributed by atoms with E-state index >= 15 is 0 Å². The van der Waals surface area contributed by atoms with Crippen LogP contribution in [0.1, 0.15) is 54.5 Å². The van der Waals surface area contributed by atoms with E-state index < -0.39 is 0 Å². The molecule has 2 heterocycles. The minimum absolute atomic E-state index is 0.177. The number of aromatic nitrogens is 2. The van der Waals surface area contributed by atoms with E-state index in [2.05, 4.69) is 18.8 Å². The molecule has 2 aromatic heterocycles. The summed E-state index contributed by atoms with van der Waals surface area (Å²) in [5.74, 6) is 0.848. The van der Waals surface area contributed by atoms with Crippen molar-refractivity contribution in [2.24, 2.45) is 0 Å². The Hall–Kier alpha value is -2.67. The first-order chi connectivity index (χ1) is 13.5. The molecule has 7 heteroatoms. The van der Waals surface area contributed by atoms with E-state index in [1.165, 1.54) is 11.3 Å². The molecule has 3 rings (SSSR count). The second kappa shape index (κ2) is 8.56. The average molecular weight is 401 g/mol. The summed E-state index contributed by atoms with van der Waals surface area (Å²) in [4.78, 5) is 29.7. The topological polar surface area (TPSA) is 69.9 Å². The number of fused-ring (bicyclic) bond motifs is 1. The maximum atomic E-state index is 11.8. The van der Waals surface area contributed by atoms with Crippen LogP contribution in [0.2, 0.25) is 0 Å². The summed E-state index contributed by atoms with van der Waals surface area (Å²) in [5.41, 5.74) is 3.06. The second-order valence-electron chi connectivity index (χ2n) is 6.64. The fourth-order valence-corrected chi connectivity index (χ4v) is 4.07. The monoisotopic (exact) mass is 400 g/mol. The van der Waals surface area contributed by atoms with Gasteiger partial charge in [0.25, 0.3) is 0 Å². The molecule has 148 valence electrons. The van der Waals surface area contributed by atoms with E-state index in [4.69, 9.17) is 9.47 Å². The molecule has 3 aromatic rings. The summed E-state index contributed by atoms with van der Waals surface area (Å²) in [7, 11) is 0. The summed E-state index contributed by atoms with van der Waals surface area (Å²) in [6.07, 6.45) is 2.77. The Labute approximate surface area is 168 Å². The maximum absolute atomic E-state index is 11.8. The Morgan fingerprint density at radius 2 is 2.07 bits per heavy atom. The third-order valence-electron chi connectivity index (χ3n) is 4.35. The fraction of sp³-hybridized carbons (Fsp3) is 0.381. The third kappa shape index (κ3) is 3.94. The van der Waals surface area contributed by atoms with Crippen molar-refractivity contribution < 1.29 is 19.1 Å². The summed E-state index contributed by atoms with van der Waals surface area (Å²) in [6.45, 7) is 8.90. The normalized spacial score (nSPS) is 11.2. The van der Waals surface area contributed by atoms with Crippen LogP contribution in [0.25, 0.3) is 16.2 Å². The van der Waals surface area contributed by atoms with Gasteiger partial charge < -0.3 is 9.47 Å². The van der Waals surface area contributed by atoms with Gasteiger partial charge in [-0.25, -0.2) is 4.98 Å². The third-order valence-corrected chi connectivity index (χ3v) is 5.33. The number of hydrogen-bond acceptors (Lipinski definition) is 6. The second-order valence-corrected chi connectivity index (χ2v) is 7.73. The summed E-state index contributed by atoms with van der Waals surface area (Å²) < 4.78 is 12.5. The van der Waals surface area contributed by atoms with E-state index in [0.29, 0.717) is 29.6 Å². The van der Waals surface area contributed by atoms with Gasteiger partial charge in [0.2, 0.25) is 0 Å². The van der Waals surface area contributed by atoms with Crippen molar-refractivity contribution >= 4 is 28.6 Å². The number of hydrogen-bond donors (Lipinski definition) is 0. The summed E-state index contributed by atoms with van der Waals surface area (Å²) in [5, 5.41) is 0. The van der Waals surface area contributed by atoms with Crippen LogP contribution in [0.3, 0.4) is 0 Å². The van der Waals surface area contributed by atoms with E-state index in [-0.39, 0.29) is 18.3 Å². The number of thiazole rings is 1. The SMILES string of the molecule is CCOC(=O)Cc1cn2c(C=O)c(-c3ccc(OCC)c(C(C)C)c3)nc2s1. The lowest BCUT2D eigenvalue weighted by atomic mass is 9.98. The van der Waals surface area contributed by atoms with Crippen molar-refractivity contribution in [3.63, 3.8) is 0 Å². The Balaban J connectivity index is 2.01. The molecular formula is C21H24N2O4S. The number of imidazole rings is 1. The number of carbonyl (C=O) groups excluding carboxylic acids is 2. The number of carbonyl (C=O) groups is 2. The predicted molar refractivity (Wildman–Crippen MR) is 109 cm³/mol. The molecule has 0 N–H and O–H groups in total. The standard InChI is InChI=1S/C21H24N2O4S/c1-5-26-18-8-7-14(9-16(18)13(3)4)20-17(12-24)23-11-15(28-21(23)22-20)10-19(25)27-6-2/h7-9,11-13H,5-6,10H2,1-4H3. The highest BCUT2D eigenvalue weighted by Crippen LogP contribution is 2.34. The molecule has 0 amide bonds. The highest BCUT2D eigenvalue weighted by atomic mass is 32.1. The molecule has 0 unspecified atom stereocenters. The van der Waals surface area contributed by atoms with Gasteiger partial charge in [0.05, 0.1) is 19.6 Å². The zero-order chi connectivity index (χ0) is 20.3. The van der Waals surface area contributed by atoms with E-state index in [0.717, 1.165) is 28.0 Å². The molecule has 0 bridgehead atoms. The first kappa shape index (κ1) is 20.1. The van der Waals surface area contributed by atoms with Crippen LogP contribution < -0.4 is 4.74 Å². The van der Waals surface area contributed by atoms with Crippen LogP contribution in [-0.2, 0) is 16.0 Å². The number of aldehydes is 1.